The summed E-state index contributed by atoms with van der Waals surface area (Å²) in [7, 11) is 0. The maximum Gasteiger partial charge on any atom is 0.181 e. The van der Waals surface area contributed by atoms with Gasteiger partial charge in [-0.3, -0.25) is 0 Å². The van der Waals surface area contributed by atoms with Gasteiger partial charge >= 0.3 is 0 Å². The number of aliphatic hydroxyl groups excluding tert-OH is 1. The van der Waals surface area contributed by atoms with E-state index in [2.05, 4.69) is 4.98 Å². The molecule has 0 aliphatic rings. The van der Waals surface area contributed by atoms with Gasteiger partial charge in [0.2, 0.25) is 0 Å². The molecule has 0 spiro atoms. The zero-order chi connectivity index (χ0) is 8.97. The Morgan fingerprint density at radius 1 is 1.75 bits per heavy atom. The van der Waals surface area contributed by atoms with E-state index in [0.717, 1.165) is 17.2 Å². The summed E-state index contributed by atoms with van der Waals surface area (Å²) in [6, 6.07) is 0. The van der Waals surface area contributed by atoms with E-state index >= 15 is 0 Å². The van der Waals surface area contributed by atoms with Crippen molar-refractivity contribution < 1.29 is 9.52 Å². The van der Waals surface area contributed by atoms with Crippen LogP contribution >= 0.6 is 11.8 Å². The first-order chi connectivity index (χ1) is 5.74. The minimum Gasteiger partial charge on any atom is -0.448 e. The quantitative estimate of drug-likeness (QED) is 0.777. The molecule has 4 heteroatoms. The van der Waals surface area contributed by atoms with Gasteiger partial charge in [0.25, 0.3) is 0 Å². The van der Waals surface area contributed by atoms with Crippen LogP contribution in [-0.4, -0.2) is 21.9 Å². The SMILES string of the molecule is Cc1ocnc1CSC(C)CO. The van der Waals surface area contributed by atoms with Crippen molar-refractivity contribution in [1.82, 2.24) is 4.98 Å². The first-order valence-electron chi connectivity index (χ1n) is 3.85. The second-order valence-corrected chi connectivity index (χ2v) is 4.09. The van der Waals surface area contributed by atoms with Crippen molar-refractivity contribution in [1.29, 1.82) is 0 Å². The zero-order valence-corrected chi connectivity index (χ0v) is 8.10. The Morgan fingerprint density at radius 2 is 2.50 bits per heavy atom. The van der Waals surface area contributed by atoms with E-state index in [-0.39, 0.29) is 11.9 Å². The summed E-state index contributed by atoms with van der Waals surface area (Å²) >= 11 is 1.68. The van der Waals surface area contributed by atoms with Gasteiger partial charge in [0, 0.05) is 11.0 Å². The molecule has 12 heavy (non-hydrogen) atoms. The summed E-state index contributed by atoms with van der Waals surface area (Å²) in [6.45, 7) is 4.09. The van der Waals surface area contributed by atoms with Gasteiger partial charge in [0.15, 0.2) is 6.39 Å². The lowest BCUT2D eigenvalue weighted by atomic mass is 10.4. The maximum atomic E-state index is 8.77. The molecular weight excluding hydrogens is 174 g/mol. The van der Waals surface area contributed by atoms with E-state index in [1.165, 1.54) is 6.39 Å². The standard InChI is InChI=1S/C8H13NO2S/c1-6(3-10)12-4-8-7(2)11-5-9-8/h5-6,10H,3-4H2,1-2H3. The Kier molecular flexibility index (Phi) is 3.62. The lowest BCUT2D eigenvalue weighted by molar-refractivity contribution is 0.300. The number of aromatic nitrogens is 1. The molecule has 0 aliphatic carbocycles. The van der Waals surface area contributed by atoms with Crippen molar-refractivity contribution in [3.8, 4) is 0 Å². The van der Waals surface area contributed by atoms with E-state index in [9.17, 15) is 0 Å². The molecule has 1 rings (SSSR count). The molecule has 1 aromatic heterocycles. The fourth-order valence-corrected chi connectivity index (χ4v) is 1.57. The van der Waals surface area contributed by atoms with Crippen LogP contribution in [0.2, 0.25) is 0 Å². The minimum atomic E-state index is 0.210. The molecule has 1 unspecified atom stereocenters. The summed E-state index contributed by atoms with van der Waals surface area (Å²) < 4.78 is 5.04. The molecule has 0 radical (unpaired) electrons. The van der Waals surface area contributed by atoms with Crippen LogP contribution in [0.15, 0.2) is 10.8 Å². The van der Waals surface area contributed by atoms with Crippen LogP contribution in [0.5, 0.6) is 0 Å². The summed E-state index contributed by atoms with van der Waals surface area (Å²) in [5.74, 6) is 1.68. The number of hydrogen-bond donors (Lipinski definition) is 1. The molecule has 0 aromatic carbocycles. The maximum absolute atomic E-state index is 8.77. The third kappa shape index (κ3) is 2.53. The molecule has 0 saturated heterocycles. The molecule has 3 nitrogen and oxygen atoms in total. The highest BCUT2D eigenvalue weighted by atomic mass is 32.2. The number of rotatable bonds is 4. The molecule has 0 saturated carbocycles. The van der Waals surface area contributed by atoms with Gasteiger partial charge in [-0.05, 0) is 6.92 Å². The van der Waals surface area contributed by atoms with Gasteiger partial charge in [-0.25, -0.2) is 4.98 Å². The predicted molar refractivity (Wildman–Crippen MR) is 49.1 cm³/mol. The first kappa shape index (κ1) is 9.61. The summed E-state index contributed by atoms with van der Waals surface area (Å²) in [5.41, 5.74) is 0.973. The number of aliphatic hydroxyl groups is 1. The third-order valence-corrected chi connectivity index (χ3v) is 2.76. The number of aryl methyl sites for hydroxylation is 1. The summed E-state index contributed by atoms with van der Waals surface area (Å²) in [4.78, 5) is 4.05. The van der Waals surface area contributed by atoms with Crippen LogP contribution in [0.3, 0.4) is 0 Å². The average molecular weight is 187 g/mol. The average Bonchev–Trinajstić information content (AvgIpc) is 2.47. The molecule has 1 N–H and O–H groups in total. The molecular formula is C8H13NO2S. The van der Waals surface area contributed by atoms with E-state index in [1.54, 1.807) is 11.8 Å². The molecule has 1 heterocycles. The number of nitrogens with zero attached hydrogens (tertiary/aromatic N) is 1. The Bertz CT molecular complexity index is 237. The molecule has 0 bridgehead atoms. The Hall–Kier alpha value is -0.480. The monoisotopic (exact) mass is 187 g/mol. The fourth-order valence-electron chi connectivity index (χ4n) is 0.741. The van der Waals surface area contributed by atoms with Gasteiger partial charge in [0.05, 0.1) is 12.3 Å². The van der Waals surface area contributed by atoms with Gasteiger partial charge in [-0.1, -0.05) is 6.92 Å². The lowest BCUT2D eigenvalue weighted by Gasteiger charge is -2.04. The third-order valence-electron chi connectivity index (χ3n) is 1.61. The Balaban J connectivity index is 2.38. The van der Waals surface area contributed by atoms with Crippen molar-refractivity contribution in [3.63, 3.8) is 0 Å². The second-order valence-electron chi connectivity index (χ2n) is 2.66. The van der Waals surface area contributed by atoms with E-state index < -0.39 is 0 Å². The predicted octanol–water partition coefficient (Wildman–Crippen LogP) is 1.60. The van der Waals surface area contributed by atoms with E-state index in [1.807, 2.05) is 13.8 Å². The van der Waals surface area contributed by atoms with Crippen LogP contribution in [0, 0.1) is 6.92 Å². The van der Waals surface area contributed by atoms with Gasteiger partial charge in [0.1, 0.15) is 5.76 Å². The van der Waals surface area contributed by atoms with Crippen molar-refractivity contribution in [2.24, 2.45) is 0 Å². The van der Waals surface area contributed by atoms with Crippen LogP contribution in [-0.2, 0) is 5.75 Å². The number of oxazole rings is 1. The highest BCUT2D eigenvalue weighted by Gasteiger charge is 2.06. The molecule has 1 aromatic rings. The number of thioether (sulfide) groups is 1. The largest absolute Gasteiger partial charge is 0.448 e. The summed E-state index contributed by atoms with van der Waals surface area (Å²) in [5, 5.41) is 9.03. The van der Waals surface area contributed by atoms with Gasteiger partial charge in [-0.2, -0.15) is 0 Å². The first-order valence-corrected chi connectivity index (χ1v) is 4.90. The lowest BCUT2D eigenvalue weighted by Crippen LogP contribution is -2.02. The van der Waals surface area contributed by atoms with Crippen molar-refractivity contribution in [2.45, 2.75) is 24.9 Å². The highest BCUT2D eigenvalue weighted by Crippen LogP contribution is 2.18. The van der Waals surface area contributed by atoms with E-state index in [4.69, 9.17) is 9.52 Å². The normalized spacial score (nSPS) is 13.2. The second kappa shape index (κ2) is 4.52. The smallest absolute Gasteiger partial charge is 0.181 e. The molecule has 68 valence electrons. The molecule has 0 aliphatic heterocycles. The van der Waals surface area contributed by atoms with Crippen molar-refractivity contribution in [2.75, 3.05) is 6.61 Å². The number of hydrogen-bond acceptors (Lipinski definition) is 4. The highest BCUT2D eigenvalue weighted by molar-refractivity contribution is 7.99. The molecule has 0 amide bonds. The van der Waals surface area contributed by atoms with Crippen LogP contribution in [0.1, 0.15) is 18.4 Å². The van der Waals surface area contributed by atoms with Crippen LogP contribution in [0.4, 0.5) is 0 Å². The van der Waals surface area contributed by atoms with Crippen LogP contribution < -0.4 is 0 Å². The van der Waals surface area contributed by atoms with Gasteiger partial charge in [-0.15, -0.1) is 11.8 Å². The Labute approximate surface area is 76.2 Å². The van der Waals surface area contributed by atoms with Crippen LogP contribution in [0.25, 0.3) is 0 Å². The zero-order valence-electron chi connectivity index (χ0n) is 7.28. The summed E-state index contributed by atoms with van der Waals surface area (Å²) in [6.07, 6.45) is 1.45. The molecule has 0 fully saturated rings. The fraction of sp³-hybridized carbons (Fsp3) is 0.625. The van der Waals surface area contributed by atoms with E-state index in [0.29, 0.717) is 0 Å². The minimum absolute atomic E-state index is 0.210. The molecule has 1 atom stereocenters. The van der Waals surface area contributed by atoms with Gasteiger partial charge < -0.3 is 9.52 Å². The van der Waals surface area contributed by atoms with Crippen molar-refractivity contribution in [3.05, 3.63) is 17.8 Å². The topological polar surface area (TPSA) is 46.3 Å². The van der Waals surface area contributed by atoms with Crippen molar-refractivity contribution >= 4 is 11.8 Å². The Morgan fingerprint density at radius 3 is 3.00 bits per heavy atom.